The third kappa shape index (κ3) is 5.95. The molecule has 24 rings (SSSR count). The van der Waals surface area contributed by atoms with Gasteiger partial charge in [-0.3, -0.25) is 0 Å². The molecule has 0 bridgehead atoms. The van der Waals surface area contributed by atoms with Crippen LogP contribution in [0, 0.1) is 13.8 Å². The summed E-state index contributed by atoms with van der Waals surface area (Å²) in [6.45, 7) is 4.66. The molecule has 0 aliphatic heterocycles. The molecule has 0 atom stereocenters. The molecule has 0 heteroatoms. The van der Waals surface area contributed by atoms with E-state index in [1.54, 1.807) is 0 Å². The van der Waals surface area contributed by atoms with Crippen molar-refractivity contribution in [2.45, 2.75) is 35.5 Å². The van der Waals surface area contributed by atoms with Crippen LogP contribution in [0.1, 0.15) is 100 Å². The lowest BCUT2D eigenvalue weighted by atomic mass is 9.62. The second-order valence-corrected chi connectivity index (χ2v) is 29.5. The van der Waals surface area contributed by atoms with Crippen LogP contribution in [0.5, 0.6) is 0 Å². The van der Waals surface area contributed by atoms with Crippen molar-refractivity contribution in [2.24, 2.45) is 0 Å². The van der Waals surface area contributed by atoms with E-state index in [4.69, 9.17) is 0 Å². The quantitative estimate of drug-likeness (QED) is 0.162. The van der Waals surface area contributed by atoms with E-state index in [0.29, 0.717) is 0 Å². The average Bonchev–Trinajstić information content (AvgIpc) is 1.47. The van der Waals surface area contributed by atoms with Crippen molar-refractivity contribution < 1.29 is 0 Å². The van der Waals surface area contributed by atoms with Gasteiger partial charge in [0, 0.05) is 0 Å². The van der Waals surface area contributed by atoms with Crippen molar-refractivity contribution in [3.63, 3.8) is 0 Å². The first-order valence-electron chi connectivity index (χ1n) is 35.6. The average molecular weight is 1260 g/mol. The Hall–Kier alpha value is -12.2. The van der Waals surface area contributed by atoms with E-state index in [2.05, 4.69) is 341 Å². The number of hydrogen-bond donors (Lipinski definition) is 0. The second kappa shape index (κ2) is 18.5. The lowest BCUT2D eigenvalue weighted by Gasteiger charge is -2.38. The van der Waals surface area contributed by atoms with Gasteiger partial charge in [-0.15, -0.1) is 0 Å². The van der Waals surface area contributed by atoms with Crippen LogP contribution in [-0.2, 0) is 21.7 Å². The van der Waals surface area contributed by atoms with E-state index in [1.807, 2.05) is 0 Å². The maximum absolute atomic E-state index is 2.66. The highest BCUT2D eigenvalue weighted by Gasteiger charge is 2.62. The fourth-order valence-corrected chi connectivity index (χ4v) is 22.0. The van der Waals surface area contributed by atoms with Crippen LogP contribution in [0.25, 0.3) is 122 Å². The predicted molar refractivity (Wildman–Crippen MR) is 409 cm³/mol. The van der Waals surface area contributed by atoms with Gasteiger partial charge >= 0.3 is 0 Å². The molecule has 0 aromatic heterocycles. The van der Waals surface area contributed by atoms with Crippen LogP contribution < -0.4 is 0 Å². The first kappa shape index (κ1) is 53.9. The minimum Gasteiger partial charge on any atom is -0.0619 e. The van der Waals surface area contributed by atoms with E-state index >= 15 is 0 Å². The van der Waals surface area contributed by atoms with Crippen molar-refractivity contribution in [2.75, 3.05) is 0 Å². The summed E-state index contributed by atoms with van der Waals surface area (Å²) >= 11 is 0. The Morgan fingerprint density at radius 1 is 0.160 bits per heavy atom. The van der Waals surface area contributed by atoms with Gasteiger partial charge in [-0.05, 0) is 260 Å². The summed E-state index contributed by atoms with van der Waals surface area (Å²) in [6, 6.07) is 129. The molecular formula is C100H60. The van der Waals surface area contributed by atoms with E-state index in [-0.39, 0.29) is 0 Å². The molecule has 0 heterocycles. The SMILES string of the molecule is Cc1cc2c3c(c4c(c2cc1C)-c1ccc(-c2ccc5c(c2)C2(c6ccccc6-c6ccccc62)c2ccccc2-5)cc1C41c2ccccc2-c2ccccc21)C1(c2ccccc2-c2ccccc21)c1cc(-c2ccc4c(c2)C2(c5ccccc5-c5ccccc52)c2ccccc2-4)ccc1-3. The third-order valence-electron chi connectivity index (χ3n) is 25.6. The predicted octanol–water partition coefficient (Wildman–Crippen LogP) is 24.2. The van der Waals surface area contributed by atoms with Crippen molar-refractivity contribution in [1.82, 2.24) is 0 Å². The summed E-state index contributed by atoms with van der Waals surface area (Å²) in [5.74, 6) is 0. The normalized spacial score (nSPS) is 15.4. The lowest BCUT2D eigenvalue weighted by Crippen LogP contribution is -2.33. The highest BCUT2D eigenvalue weighted by molar-refractivity contribution is 6.17. The summed E-state index contributed by atoms with van der Waals surface area (Å²) in [6.07, 6.45) is 0. The molecule has 0 unspecified atom stereocenters. The monoisotopic (exact) mass is 1260 g/mol. The first-order chi connectivity index (χ1) is 49.4. The van der Waals surface area contributed by atoms with Gasteiger partial charge in [0.25, 0.3) is 0 Å². The highest BCUT2D eigenvalue weighted by Crippen LogP contribution is 2.74. The smallest absolute Gasteiger partial charge is 0.0619 e. The Labute approximate surface area is 581 Å². The summed E-state index contributed by atoms with van der Waals surface area (Å²) in [5, 5.41) is 2.63. The van der Waals surface area contributed by atoms with Crippen molar-refractivity contribution in [3.05, 3.63) is 428 Å². The molecule has 8 aliphatic rings. The molecule has 0 saturated carbocycles. The van der Waals surface area contributed by atoms with Gasteiger partial charge < -0.3 is 0 Å². The fraction of sp³-hybridized carbons (Fsp3) is 0.0600. The van der Waals surface area contributed by atoms with Crippen molar-refractivity contribution in [1.29, 1.82) is 0 Å². The van der Waals surface area contributed by atoms with Crippen LogP contribution in [0.4, 0.5) is 0 Å². The van der Waals surface area contributed by atoms with Crippen molar-refractivity contribution in [3.8, 4) is 111 Å². The molecule has 0 N–H and O–H groups in total. The second-order valence-electron chi connectivity index (χ2n) is 29.5. The van der Waals surface area contributed by atoms with Gasteiger partial charge in [-0.25, -0.2) is 0 Å². The minimum absolute atomic E-state index is 0.470. The maximum atomic E-state index is 2.66. The number of hydrogen-bond acceptors (Lipinski definition) is 0. The molecule has 0 radical (unpaired) electrons. The van der Waals surface area contributed by atoms with E-state index in [9.17, 15) is 0 Å². The zero-order chi connectivity index (χ0) is 65.3. The first-order valence-corrected chi connectivity index (χ1v) is 35.6. The highest BCUT2D eigenvalue weighted by atomic mass is 14.6. The number of benzene rings is 16. The minimum atomic E-state index is -0.746. The Kier molecular flexibility index (Phi) is 9.97. The number of rotatable bonds is 2. The van der Waals surface area contributed by atoms with Gasteiger partial charge in [0.1, 0.15) is 0 Å². The molecule has 0 amide bonds. The molecular weight excluding hydrogens is 1200 g/mol. The summed E-state index contributed by atoms with van der Waals surface area (Å²) in [5.41, 5.74) is 47.8. The van der Waals surface area contributed by atoms with Crippen molar-refractivity contribution >= 4 is 10.8 Å². The summed E-state index contributed by atoms with van der Waals surface area (Å²) in [7, 11) is 0. The third-order valence-corrected chi connectivity index (χ3v) is 25.6. The molecule has 460 valence electrons. The van der Waals surface area contributed by atoms with E-state index < -0.39 is 21.7 Å². The van der Waals surface area contributed by atoms with Gasteiger partial charge in [-0.2, -0.15) is 0 Å². The molecule has 4 spiro atoms. The molecule has 0 fully saturated rings. The standard InChI is InChI=1S/C100H60/c1-57-51-77-78(52-58(57)2)94-76-50-46-62(60-44-48-74-72-32-8-18-38-84(72)98(90(74)54-60)81-35-15-5-25-65(81)66-26-6-16-36-82(66)98)56-92(76)100(87-41-21-11-29-69(87)70-30-12-22-42-88(70)100)96(94)95-93(77)75-49-45-61(55-91(75)99(95)85-39-19-9-27-67(85)68-28-10-20-40-86(68)99)59-43-47-73-71-31-7-17-37-83(71)97(89(73)53-59)79-33-13-3-23-63(79)64-24-4-14-34-80(64)97/h3-56H,1-2H3. The Balaban J connectivity index is 0.799. The van der Waals surface area contributed by atoms with Gasteiger partial charge in [0.2, 0.25) is 0 Å². The molecule has 16 aromatic carbocycles. The summed E-state index contributed by atoms with van der Waals surface area (Å²) in [4.78, 5) is 0. The number of fused-ring (bicyclic) bond motifs is 44. The van der Waals surface area contributed by atoms with Crippen LogP contribution >= 0.6 is 0 Å². The Morgan fingerprint density at radius 3 is 0.570 bits per heavy atom. The zero-order valence-electron chi connectivity index (χ0n) is 55.2. The van der Waals surface area contributed by atoms with Gasteiger partial charge in [0.15, 0.2) is 0 Å². The zero-order valence-corrected chi connectivity index (χ0v) is 55.2. The van der Waals surface area contributed by atoms with Gasteiger partial charge in [-0.1, -0.05) is 303 Å². The van der Waals surface area contributed by atoms with Gasteiger partial charge in [0.05, 0.1) is 21.7 Å². The number of aryl methyl sites for hydroxylation is 2. The van der Waals surface area contributed by atoms with Crippen LogP contribution in [-0.4, -0.2) is 0 Å². The van der Waals surface area contributed by atoms with Crippen LogP contribution in [0.15, 0.2) is 328 Å². The maximum Gasteiger partial charge on any atom is 0.0729 e. The molecule has 100 heavy (non-hydrogen) atoms. The fourth-order valence-electron chi connectivity index (χ4n) is 22.0. The van der Waals surface area contributed by atoms with Crippen LogP contribution in [0.2, 0.25) is 0 Å². The Bertz CT molecular complexity index is 5900. The molecule has 8 aliphatic carbocycles. The molecule has 0 nitrogen and oxygen atoms in total. The molecule has 16 aromatic rings. The van der Waals surface area contributed by atoms with E-state index in [0.717, 1.165) is 0 Å². The van der Waals surface area contributed by atoms with E-state index in [1.165, 1.54) is 222 Å². The topological polar surface area (TPSA) is 0 Å². The lowest BCUT2D eigenvalue weighted by molar-refractivity contribution is 0.728. The largest absolute Gasteiger partial charge is 0.0729 e. The van der Waals surface area contributed by atoms with Crippen LogP contribution in [0.3, 0.4) is 0 Å². The molecule has 0 saturated heterocycles. The Morgan fingerprint density at radius 2 is 0.340 bits per heavy atom. The summed E-state index contributed by atoms with van der Waals surface area (Å²) < 4.78 is 0.